The minimum Gasteiger partial charge on any atom is -0.497 e. The molecule has 0 aliphatic rings. The number of halogens is 3. The number of benzene rings is 2. The molecule has 3 aromatic rings. The fourth-order valence-corrected chi connectivity index (χ4v) is 2.43. The van der Waals surface area contributed by atoms with E-state index in [1.807, 2.05) is 0 Å². The summed E-state index contributed by atoms with van der Waals surface area (Å²) in [6, 6.07) is 13.7. The summed E-state index contributed by atoms with van der Waals surface area (Å²) >= 11 is 0. The maximum absolute atomic E-state index is 13.4. The van der Waals surface area contributed by atoms with Gasteiger partial charge in [0.15, 0.2) is 0 Å². The molecule has 0 aliphatic heterocycles. The minimum atomic E-state index is -4.60. The van der Waals surface area contributed by atoms with Gasteiger partial charge in [-0.15, -0.1) is 0 Å². The van der Waals surface area contributed by atoms with E-state index in [9.17, 15) is 13.2 Å². The maximum Gasteiger partial charge on any atom is 0.421 e. The highest BCUT2D eigenvalue weighted by molar-refractivity contribution is 5.65. The average molecular weight is 389 g/mol. The minimum absolute atomic E-state index is 0.0237. The molecule has 0 saturated heterocycles. The predicted molar refractivity (Wildman–Crippen MR) is 103 cm³/mol. The van der Waals surface area contributed by atoms with Crippen LogP contribution in [0.15, 0.2) is 54.7 Å². The number of hydrogen-bond acceptors (Lipinski definition) is 6. The van der Waals surface area contributed by atoms with Gasteiger partial charge in [-0.1, -0.05) is 6.07 Å². The van der Waals surface area contributed by atoms with Crippen molar-refractivity contribution in [3.63, 3.8) is 0 Å². The van der Waals surface area contributed by atoms with Gasteiger partial charge in [0, 0.05) is 36.4 Å². The molecule has 0 amide bonds. The molecule has 1 aromatic heterocycles. The molecule has 1 heterocycles. The number of ether oxygens (including phenoxy) is 1. The van der Waals surface area contributed by atoms with E-state index in [2.05, 4.69) is 25.9 Å². The van der Waals surface area contributed by atoms with Crippen LogP contribution in [0.25, 0.3) is 0 Å². The van der Waals surface area contributed by atoms with Gasteiger partial charge in [-0.25, -0.2) is 4.98 Å². The third-order valence-corrected chi connectivity index (χ3v) is 3.86. The lowest BCUT2D eigenvalue weighted by molar-refractivity contribution is -0.137. The summed E-state index contributed by atoms with van der Waals surface area (Å²) in [6.45, 7) is 0. The van der Waals surface area contributed by atoms with Crippen molar-refractivity contribution in [1.82, 2.24) is 9.97 Å². The molecular weight excluding hydrogens is 371 g/mol. The summed E-state index contributed by atoms with van der Waals surface area (Å²) in [7, 11) is 3.28. The number of nitrogens with zero attached hydrogens (tertiary/aromatic N) is 2. The Hall–Kier alpha value is -3.49. The summed E-state index contributed by atoms with van der Waals surface area (Å²) in [4.78, 5) is 7.81. The third kappa shape index (κ3) is 4.61. The van der Waals surface area contributed by atoms with E-state index in [1.165, 1.54) is 7.11 Å². The van der Waals surface area contributed by atoms with Crippen molar-refractivity contribution in [2.24, 2.45) is 0 Å². The first kappa shape index (κ1) is 19.3. The maximum atomic E-state index is 13.4. The van der Waals surface area contributed by atoms with Crippen molar-refractivity contribution in [2.45, 2.75) is 6.18 Å². The van der Waals surface area contributed by atoms with Gasteiger partial charge in [-0.05, 0) is 36.4 Å². The first-order valence-corrected chi connectivity index (χ1v) is 8.29. The van der Waals surface area contributed by atoms with Crippen LogP contribution >= 0.6 is 0 Å². The van der Waals surface area contributed by atoms with Gasteiger partial charge < -0.3 is 20.7 Å². The Morgan fingerprint density at radius 2 is 1.64 bits per heavy atom. The predicted octanol–water partition coefficient (Wildman–Crippen LogP) is 5.03. The Kier molecular flexibility index (Phi) is 5.53. The molecule has 0 atom stereocenters. The van der Waals surface area contributed by atoms with E-state index in [-0.39, 0.29) is 11.8 Å². The lowest BCUT2D eigenvalue weighted by Gasteiger charge is -2.15. The van der Waals surface area contributed by atoms with Crippen LogP contribution in [0.5, 0.6) is 5.75 Å². The summed E-state index contributed by atoms with van der Waals surface area (Å²) in [5, 5.41) is 8.54. The number of rotatable bonds is 6. The van der Waals surface area contributed by atoms with E-state index < -0.39 is 11.7 Å². The normalized spacial score (nSPS) is 11.0. The smallest absolute Gasteiger partial charge is 0.421 e. The van der Waals surface area contributed by atoms with E-state index in [1.54, 1.807) is 55.6 Å². The highest BCUT2D eigenvalue weighted by atomic mass is 19.4. The Labute approximate surface area is 159 Å². The third-order valence-electron chi connectivity index (χ3n) is 3.86. The molecule has 3 rings (SSSR count). The van der Waals surface area contributed by atoms with E-state index in [0.29, 0.717) is 17.1 Å². The molecule has 2 aromatic carbocycles. The van der Waals surface area contributed by atoms with Crippen LogP contribution in [0.1, 0.15) is 5.56 Å². The van der Waals surface area contributed by atoms with E-state index in [0.717, 1.165) is 11.9 Å². The molecule has 0 unspecified atom stereocenters. The second kappa shape index (κ2) is 8.03. The molecule has 0 bridgehead atoms. The molecule has 9 heteroatoms. The van der Waals surface area contributed by atoms with Gasteiger partial charge >= 0.3 is 6.18 Å². The van der Waals surface area contributed by atoms with Crippen molar-refractivity contribution in [3.8, 4) is 5.75 Å². The zero-order chi connectivity index (χ0) is 20.1. The van der Waals surface area contributed by atoms with Gasteiger partial charge in [0.2, 0.25) is 5.95 Å². The zero-order valence-corrected chi connectivity index (χ0v) is 15.1. The summed E-state index contributed by atoms with van der Waals surface area (Å²) in [5.74, 6) is 0.278. The van der Waals surface area contributed by atoms with Gasteiger partial charge in [-0.2, -0.15) is 18.2 Å². The van der Waals surface area contributed by atoms with Crippen LogP contribution in [0, 0.1) is 0 Å². The molecular formula is C19H18F3N5O. The van der Waals surface area contributed by atoms with Crippen molar-refractivity contribution in [2.75, 3.05) is 30.1 Å². The number of anilines is 5. The molecule has 3 N–H and O–H groups in total. The average Bonchev–Trinajstić information content (AvgIpc) is 2.68. The molecule has 0 fully saturated rings. The lowest BCUT2D eigenvalue weighted by atomic mass is 10.2. The SMILES string of the molecule is CNc1ccc(Nc2nc(Nc3cccc(OC)c3)ncc2C(F)(F)F)cc1. The second-order valence-corrected chi connectivity index (χ2v) is 5.76. The Balaban J connectivity index is 1.91. The fraction of sp³-hybridized carbons (Fsp3) is 0.158. The molecule has 0 spiro atoms. The monoisotopic (exact) mass is 389 g/mol. The largest absolute Gasteiger partial charge is 0.497 e. The first-order chi connectivity index (χ1) is 13.4. The summed E-state index contributed by atoms with van der Waals surface area (Å²) < 4.78 is 45.2. The fourth-order valence-electron chi connectivity index (χ4n) is 2.43. The molecule has 28 heavy (non-hydrogen) atoms. The van der Waals surface area contributed by atoms with Crippen molar-refractivity contribution < 1.29 is 17.9 Å². The van der Waals surface area contributed by atoms with Crippen LogP contribution in [0.3, 0.4) is 0 Å². The Morgan fingerprint density at radius 3 is 2.29 bits per heavy atom. The van der Waals surface area contributed by atoms with Crippen molar-refractivity contribution in [3.05, 3.63) is 60.3 Å². The van der Waals surface area contributed by atoms with Crippen molar-refractivity contribution in [1.29, 1.82) is 0 Å². The standard InChI is InChI=1S/C19H18F3N5O/c1-23-12-6-8-13(9-7-12)25-17-16(19(20,21)22)11-24-18(27-17)26-14-4-3-5-15(10-14)28-2/h3-11,23H,1-2H3,(H2,24,25,26,27). The molecule has 0 saturated carbocycles. The van der Waals surface area contributed by atoms with E-state index >= 15 is 0 Å². The molecule has 6 nitrogen and oxygen atoms in total. The van der Waals surface area contributed by atoms with Gasteiger partial charge in [0.1, 0.15) is 17.1 Å². The van der Waals surface area contributed by atoms with Crippen LogP contribution < -0.4 is 20.7 Å². The summed E-state index contributed by atoms with van der Waals surface area (Å²) in [5.41, 5.74) is 0.935. The molecule has 0 radical (unpaired) electrons. The van der Waals surface area contributed by atoms with Crippen LogP contribution in [0.2, 0.25) is 0 Å². The van der Waals surface area contributed by atoms with Crippen LogP contribution in [0.4, 0.5) is 42.0 Å². The molecule has 0 aliphatic carbocycles. The molecule has 146 valence electrons. The Bertz CT molecular complexity index is 945. The van der Waals surface area contributed by atoms with E-state index in [4.69, 9.17) is 4.74 Å². The highest BCUT2D eigenvalue weighted by Crippen LogP contribution is 2.35. The Morgan fingerprint density at radius 1 is 0.929 bits per heavy atom. The topological polar surface area (TPSA) is 71.1 Å². The number of nitrogens with one attached hydrogen (secondary N) is 3. The second-order valence-electron chi connectivity index (χ2n) is 5.76. The zero-order valence-electron chi connectivity index (χ0n) is 15.1. The van der Waals surface area contributed by atoms with Crippen molar-refractivity contribution >= 4 is 28.8 Å². The number of alkyl halides is 3. The van der Waals surface area contributed by atoms with Gasteiger partial charge in [0.05, 0.1) is 7.11 Å². The number of aromatic nitrogens is 2. The quantitative estimate of drug-likeness (QED) is 0.549. The number of methoxy groups -OCH3 is 1. The van der Waals surface area contributed by atoms with Crippen LogP contribution in [-0.2, 0) is 6.18 Å². The number of hydrogen-bond donors (Lipinski definition) is 3. The first-order valence-electron chi connectivity index (χ1n) is 8.29. The lowest BCUT2D eigenvalue weighted by Crippen LogP contribution is -2.12. The van der Waals surface area contributed by atoms with Crippen LogP contribution in [-0.4, -0.2) is 24.1 Å². The summed E-state index contributed by atoms with van der Waals surface area (Å²) in [6.07, 6.45) is -3.85. The van der Waals surface area contributed by atoms with Gasteiger partial charge in [-0.3, -0.25) is 0 Å². The van der Waals surface area contributed by atoms with Gasteiger partial charge in [0.25, 0.3) is 0 Å². The highest BCUT2D eigenvalue weighted by Gasteiger charge is 2.35.